The Balaban J connectivity index is 0.000000461. The predicted octanol–water partition coefficient (Wildman–Crippen LogP) is -2.35. The van der Waals surface area contributed by atoms with Crippen molar-refractivity contribution in [3.63, 3.8) is 0 Å². The molecule has 0 bridgehead atoms. The van der Waals surface area contributed by atoms with Gasteiger partial charge in [-0.25, -0.2) is 98.2 Å². The first-order valence-electron chi connectivity index (χ1n) is 41.1. The van der Waals surface area contributed by atoms with E-state index in [9.17, 15) is 48.3 Å². The van der Waals surface area contributed by atoms with Crippen LogP contribution in [0, 0.1) is 0 Å². The van der Waals surface area contributed by atoms with Gasteiger partial charge in [0.25, 0.3) is 6.47 Å². The van der Waals surface area contributed by atoms with Crippen molar-refractivity contribution in [3.05, 3.63) is 112 Å². The van der Waals surface area contributed by atoms with Crippen LogP contribution in [-0.4, -0.2) is 289 Å². The molecule has 3 N–H and O–H groups in total. The van der Waals surface area contributed by atoms with Crippen LogP contribution in [0.25, 0.3) is 0 Å². The number of esters is 5. The first-order chi connectivity index (χ1) is 59.0. The van der Waals surface area contributed by atoms with E-state index in [-0.39, 0.29) is 201 Å². The fourth-order valence-corrected chi connectivity index (χ4v) is 12.9. The van der Waals surface area contributed by atoms with Crippen LogP contribution in [0.2, 0.25) is 5.28 Å². The normalized spacial score (nSPS) is 16.5. The molecule has 6 aliphatic heterocycles. The zero-order chi connectivity index (χ0) is 93.0. The summed E-state index contributed by atoms with van der Waals surface area (Å²) in [4.78, 5) is 189. The summed E-state index contributed by atoms with van der Waals surface area (Å²) >= 11 is 5.42. The summed E-state index contributed by atoms with van der Waals surface area (Å²) < 4.78 is 43.1. The molecule has 6 aromatic rings. The number of hydrogen-bond donors (Lipinski definition) is 2. The number of carbonyl (C=O) groups is 10. The van der Waals surface area contributed by atoms with Gasteiger partial charge in [0.1, 0.15) is 51.7 Å². The van der Waals surface area contributed by atoms with Crippen LogP contribution < -0.4 is 157 Å². The van der Waals surface area contributed by atoms with E-state index in [2.05, 4.69) is 55.1 Å². The molecule has 12 heterocycles. The van der Waals surface area contributed by atoms with Crippen LogP contribution in [0.1, 0.15) is 205 Å². The summed E-state index contributed by atoms with van der Waals surface area (Å²) in [6, 6.07) is -1.92. The zero-order valence-electron chi connectivity index (χ0n) is 79.5. The number of aromatic nitrogens is 12. The third-order valence-corrected chi connectivity index (χ3v) is 18.5. The summed E-state index contributed by atoms with van der Waals surface area (Å²) in [6.07, 6.45) is 13.8. The molecule has 12 rings (SSSR count). The number of halogens is 1. The summed E-state index contributed by atoms with van der Waals surface area (Å²) in [6.45, 7) is 43.6. The summed E-state index contributed by atoms with van der Waals surface area (Å²) in [5.41, 5.74) is 2.20. The van der Waals surface area contributed by atoms with E-state index in [1.165, 1.54) is 37.2 Å². The minimum Gasteiger partial charge on any atom is -1.00 e. The molecule has 0 saturated carbocycles. The second-order valence-electron chi connectivity index (χ2n) is 35.5. The monoisotopic (exact) mass is 1880 g/mol. The minimum atomic E-state index is -1.13. The standard InChI is InChI=1S/C28H39N7O6.C26H35N7O6.C21H33N5O4.C7H7ClN2O2.CH2O3.2K.Li.H2O.H/c1-8-39-22(36)18-13-29-24(30-14-18)35-12-11-33(17-21(35)23(37)40-27(2,3)4)25-31-15-19-16-34(10-9-20(19)32-25)26(38)41-28(5,6)7;1-25(2,3)38-21(36)19-15-31(9-10-33(19)22-27-11-16(12-28-22)20(34)35)23-29-13-17-14-32(8-7-18(17)30-23)24(37)39-26(4,5)6;1-20(2,3)29-17(27)16-13-25(10-8-22-16)18-23-11-14-12-26(9-7-15(14)24-18)19(28)30-21(4,5)6;1-2-12-6(11)5-3-9-7(8)10-4-5;2-1-4-3;;;;;/h13-15,21H,8-12,16-17H2,1-7H3;11-13,19H,7-10,14-15H2,1-6H3,(H,34,35);11,16,22H,7-10,12-13H2,1-6H3;3-4H,2H2,1H3;1,3H;;;;1H2;/q;;;;;3*+1;;-1/p-2/t21-;19-;16-;;;;;;;/m111......./s1. The van der Waals surface area contributed by atoms with Crippen molar-refractivity contribution < 1.29 is 230 Å². The maximum atomic E-state index is 13.4. The summed E-state index contributed by atoms with van der Waals surface area (Å²) in [5.74, 6) is -1.08. The molecule has 0 aliphatic carbocycles. The molecule has 3 amide bonds. The molecule has 47 heteroatoms. The Morgan fingerprint density at radius 3 is 1.03 bits per heavy atom. The molecular weight excluding hydrogens is 1760 g/mol. The molecule has 0 spiro atoms. The summed E-state index contributed by atoms with van der Waals surface area (Å²) in [7, 11) is 0. The maximum Gasteiger partial charge on any atom is 1.00 e. The van der Waals surface area contributed by atoms with Crippen molar-refractivity contribution in [2.24, 2.45) is 0 Å². The van der Waals surface area contributed by atoms with Crippen LogP contribution in [-0.2, 0) is 101 Å². The average Bonchev–Trinajstić information content (AvgIpc) is 0.750. The number of carbonyl (C=O) groups excluding carboxylic acids is 9. The Morgan fingerprint density at radius 1 is 0.438 bits per heavy atom. The summed E-state index contributed by atoms with van der Waals surface area (Å²) in [5, 5.41) is 20.9. The topological polar surface area (TPSA) is 520 Å². The molecule has 3 fully saturated rings. The Labute approximate surface area is 859 Å². The third-order valence-electron chi connectivity index (χ3n) is 18.3. The van der Waals surface area contributed by atoms with E-state index in [4.69, 9.17) is 74.5 Å². The minimum absolute atomic E-state index is 0. The third kappa shape index (κ3) is 35.9. The van der Waals surface area contributed by atoms with Gasteiger partial charge in [0, 0.05) is 157 Å². The molecule has 0 aromatic carbocycles. The number of carboxylic acids is 1. The number of anilines is 5. The van der Waals surface area contributed by atoms with Gasteiger partial charge < -0.3 is 105 Å². The molecule has 3 atom stereocenters. The van der Waals surface area contributed by atoms with Crippen molar-refractivity contribution in [1.29, 1.82) is 0 Å². The molecule has 3 saturated heterocycles. The van der Waals surface area contributed by atoms with E-state index >= 15 is 0 Å². The maximum absolute atomic E-state index is 13.4. The van der Waals surface area contributed by atoms with Crippen molar-refractivity contribution in [1.82, 2.24) is 79.8 Å². The van der Waals surface area contributed by atoms with Gasteiger partial charge in [0.05, 0.1) is 79.7 Å². The number of rotatable bonds is 14. The van der Waals surface area contributed by atoms with Crippen molar-refractivity contribution >= 4 is 102 Å². The molecule has 6 aromatic heterocycles. The van der Waals surface area contributed by atoms with E-state index in [0.717, 1.165) is 33.8 Å². The van der Waals surface area contributed by atoms with Gasteiger partial charge in [0.2, 0.25) is 35.0 Å². The van der Waals surface area contributed by atoms with E-state index in [0.29, 0.717) is 140 Å². The van der Waals surface area contributed by atoms with Crippen LogP contribution in [0.3, 0.4) is 0 Å². The van der Waals surface area contributed by atoms with Crippen molar-refractivity contribution in [2.75, 3.05) is 116 Å². The number of amides is 3. The second-order valence-corrected chi connectivity index (χ2v) is 35.8. The van der Waals surface area contributed by atoms with Gasteiger partial charge in [-0.3, -0.25) is 9.59 Å². The second kappa shape index (κ2) is 50.6. The van der Waals surface area contributed by atoms with E-state index < -0.39 is 81.6 Å². The first-order valence-corrected chi connectivity index (χ1v) is 41.5. The van der Waals surface area contributed by atoms with Crippen LogP contribution in [0.5, 0.6) is 0 Å². The fourth-order valence-electron chi connectivity index (χ4n) is 12.8. The Hall–Kier alpha value is -8.38. The first kappa shape index (κ1) is 114. The Bertz CT molecular complexity index is 4800. The van der Waals surface area contributed by atoms with Gasteiger partial charge in [-0.05, 0) is 150 Å². The molecule has 6 aliphatic rings. The number of piperazine rings is 3. The van der Waals surface area contributed by atoms with Crippen molar-refractivity contribution in [2.45, 2.75) is 229 Å². The number of nitrogens with one attached hydrogen (secondary N) is 1. The number of ether oxygens (including phenoxy) is 8. The van der Waals surface area contributed by atoms with Crippen LogP contribution in [0.4, 0.5) is 44.1 Å². The van der Waals surface area contributed by atoms with Crippen LogP contribution in [0.15, 0.2) is 55.8 Å². The van der Waals surface area contributed by atoms with Gasteiger partial charge >= 0.3 is 176 Å². The number of fused-ring (bicyclic) bond motifs is 3. The SMILES string of the molecule is CC(C)(C)OC(=O)[C@H]1CN(c2ncc3c(n2)CCN(C(=O)OC(C)(C)C)C3)CCN1.CC(C)(C)OC(=O)[C@H]1CN(c2ncc3c(n2)CCN(C(=O)OC(C)(C)C)C3)CCN1c1ncc(C(=O)O)cn1.CCOC(=O)c1cnc(Cl)nc1.CCOC(=O)c1cnc(N2CCN(c3ncc4c(n3)CCN(C(=O)OC(C)(C)C)C4)C[C@@H]2C(=O)OC(C)(C)C)nc1.O=CO[O-].[H-].[K+].[K+].[Li+].[OH-]. The fraction of sp³-hybridized carbons (Fsp3) is 0.590. The van der Waals surface area contributed by atoms with Gasteiger partial charge in [-0.15, -0.1) is 0 Å². The quantitative estimate of drug-likeness (QED) is 0.0219. The number of nitrogens with zero attached hydrogens (tertiary/aromatic N) is 20. The largest absolute Gasteiger partial charge is 1.00 e. The Kier molecular flexibility index (Phi) is 44.4. The average molecular weight is 1880 g/mol. The molecule has 696 valence electrons. The van der Waals surface area contributed by atoms with E-state index in [1.807, 2.05) is 119 Å². The molecule has 43 nitrogen and oxygen atoms in total. The smallest absolute Gasteiger partial charge is 1.00 e. The molecule has 0 unspecified atom stereocenters. The van der Waals surface area contributed by atoms with Gasteiger partial charge in [-0.1, -0.05) is 0 Å². The Morgan fingerprint density at radius 2 is 0.731 bits per heavy atom. The molecule has 130 heavy (non-hydrogen) atoms. The van der Waals surface area contributed by atoms with Crippen LogP contribution >= 0.6 is 11.6 Å². The molecular formula is C83H117ClK2LiN21O22. The molecule has 0 radical (unpaired) electrons. The van der Waals surface area contributed by atoms with Crippen molar-refractivity contribution in [3.8, 4) is 0 Å². The predicted molar refractivity (Wildman–Crippen MR) is 456 cm³/mol. The van der Waals surface area contributed by atoms with Gasteiger partial charge in [-0.2, -0.15) is 0 Å². The van der Waals surface area contributed by atoms with Gasteiger partial charge in [0.15, 0.2) is 0 Å². The zero-order valence-corrected chi connectivity index (χ0v) is 85.5. The number of aromatic carboxylic acids is 1. The van der Waals surface area contributed by atoms with E-state index in [1.54, 1.807) is 77.7 Å². The number of hydrogen-bond acceptors (Lipinski definition) is 39. The number of carboxylic acid groups (broad SMARTS) is 1.